The van der Waals surface area contributed by atoms with Crippen LogP contribution in [0, 0.1) is 5.92 Å². The van der Waals surface area contributed by atoms with Gasteiger partial charge in [-0.3, -0.25) is 9.59 Å². The molecule has 0 amide bonds. The standard InChI is InChI=1S/C19H18O4/c20-18-10-11-22-13-17(18)19(21)15-6-8-16(9-7-15)23-12-14-4-2-1-3-5-14/h1-9,17H,10-13H2. The Bertz CT molecular complexity index is 676. The molecule has 1 heterocycles. The highest BCUT2D eigenvalue weighted by Gasteiger charge is 2.30. The first kappa shape index (κ1) is 15.4. The number of ketones is 2. The average Bonchev–Trinajstić information content (AvgIpc) is 2.61. The molecule has 1 saturated heterocycles. The molecule has 0 spiro atoms. The van der Waals surface area contributed by atoms with Gasteiger partial charge in [0.05, 0.1) is 13.2 Å². The zero-order valence-corrected chi connectivity index (χ0v) is 12.7. The molecule has 2 aromatic carbocycles. The molecule has 0 radical (unpaired) electrons. The fourth-order valence-corrected chi connectivity index (χ4v) is 2.52. The summed E-state index contributed by atoms with van der Waals surface area (Å²) >= 11 is 0. The minimum atomic E-state index is -0.667. The summed E-state index contributed by atoms with van der Waals surface area (Å²) in [6.07, 6.45) is 0.314. The van der Waals surface area contributed by atoms with Gasteiger partial charge in [0.25, 0.3) is 0 Å². The molecule has 0 bridgehead atoms. The molecule has 4 heteroatoms. The van der Waals surface area contributed by atoms with Gasteiger partial charge in [0.1, 0.15) is 24.1 Å². The van der Waals surface area contributed by atoms with E-state index in [1.807, 2.05) is 30.3 Å². The van der Waals surface area contributed by atoms with Crippen LogP contribution < -0.4 is 4.74 Å². The third kappa shape index (κ3) is 3.85. The number of rotatable bonds is 5. The molecule has 4 nitrogen and oxygen atoms in total. The Morgan fingerprint density at radius 1 is 1.09 bits per heavy atom. The summed E-state index contributed by atoms with van der Waals surface area (Å²) in [5.41, 5.74) is 1.60. The van der Waals surface area contributed by atoms with Gasteiger partial charge in [0.15, 0.2) is 5.78 Å². The molecule has 0 aliphatic carbocycles. The summed E-state index contributed by atoms with van der Waals surface area (Å²) in [5.74, 6) is -0.188. The Morgan fingerprint density at radius 2 is 1.83 bits per heavy atom. The maximum atomic E-state index is 12.4. The first-order valence-electron chi connectivity index (χ1n) is 7.65. The van der Waals surface area contributed by atoms with Crippen LogP contribution >= 0.6 is 0 Å². The molecule has 1 unspecified atom stereocenters. The van der Waals surface area contributed by atoms with Crippen LogP contribution in [0.1, 0.15) is 22.3 Å². The van der Waals surface area contributed by atoms with E-state index in [9.17, 15) is 9.59 Å². The van der Waals surface area contributed by atoms with Gasteiger partial charge >= 0.3 is 0 Å². The van der Waals surface area contributed by atoms with Crippen molar-refractivity contribution in [3.63, 3.8) is 0 Å². The quantitative estimate of drug-likeness (QED) is 0.629. The van der Waals surface area contributed by atoms with Gasteiger partial charge in [-0.1, -0.05) is 30.3 Å². The highest BCUT2D eigenvalue weighted by atomic mass is 16.5. The van der Waals surface area contributed by atoms with E-state index in [0.29, 0.717) is 30.9 Å². The van der Waals surface area contributed by atoms with Crippen LogP contribution in [0.4, 0.5) is 0 Å². The molecule has 3 rings (SSSR count). The predicted octanol–water partition coefficient (Wildman–Crippen LogP) is 3.05. The lowest BCUT2D eigenvalue weighted by atomic mass is 9.91. The first-order valence-corrected chi connectivity index (χ1v) is 7.65. The second-order valence-corrected chi connectivity index (χ2v) is 5.51. The first-order chi connectivity index (χ1) is 11.2. The molecule has 1 atom stereocenters. The number of hydrogen-bond acceptors (Lipinski definition) is 4. The Hall–Kier alpha value is -2.46. The molecule has 1 aliphatic heterocycles. The highest BCUT2D eigenvalue weighted by Crippen LogP contribution is 2.19. The third-order valence-corrected chi connectivity index (χ3v) is 3.87. The van der Waals surface area contributed by atoms with Gasteiger partial charge in [-0.25, -0.2) is 0 Å². The van der Waals surface area contributed by atoms with Crippen molar-refractivity contribution in [2.75, 3.05) is 13.2 Å². The zero-order valence-electron chi connectivity index (χ0n) is 12.7. The van der Waals surface area contributed by atoms with Crippen LogP contribution in [-0.4, -0.2) is 24.8 Å². The Labute approximate surface area is 135 Å². The van der Waals surface area contributed by atoms with E-state index in [4.69, 9.17) is 9.47 Å². The third-order valence-electron chi connectivity index (χ3n) is 3.87. The largest absolute Gasteiger partial charge is 0.489 e. The smallest absolute Gasteiger partial charge is 0.175 e. The summed E-state index contributed by atoms with van der Waals surface area (Å²) in [6.45, 7) is 1.07. The summed E-state index contributed by atoms with van der Waals surface area (Å²) in [4.78, 5) is 24.2. The Balaban J connectivity index is 1.62. The molecule has 0 aromatic heterocycles. The number of Topliss-reactive ketones (excluding diaryl/α,β-unsaturated/α-hetero) is 2. The van der Waals surface area contributed by atoms with Crippen LogP contribution in [-0.2, 0) is 16.1 Å². The highest BCUT2D eigenvalue weighted by molar-refractivity contribution is 6.11. The fourth-order valence-electron chi connectivity index (χ4n) is 2.52. The fraction of sp³-hybridized carbons (Fsp3) is 0.263. The summed E-state index contributed by atoms with van der Waals surface area (Å²) in [5, 5.41) is 0. The van der Waals surface area contributed by atoms with Gasteiger partial charge in [-0.15, -0.1) is 0 Å². The Kier molecular flexibility index (Phi) is 4.83. The van der Waals surface area contributed by atoms with Crippen molar-refractivity contribution < 1.29 is 19.1 Å². The van der Waals surface area contributed by atoms with Crippen molar-refractivity contribution in [3.8, 4) is 5.75 Å². The second-order valence-electron chi connectivity index (χ2n) is 5.51. The molecule has 2 aromatic rings. The lowest BCUT2D eigenvalue weighted by Crippen LogP contribution is -2.33. The number of ether oxygens (including phenoxy) is 2. The van der Waals surface area contributed by atoms with Crippen molar-refractivity contribution in [2.45, 2.75) is 13.0 Å². The molecule has 1 aliphatic rings. The minimum Gasteiger partial charge on any atom is -0.489 e. The second kappa shape index (κ2) is 7.20. The van der Waals surface area contributed by atoms with Crippen LogP contribution in [0.15, 0.2) is 54.6 Å². The van der Waals surface area contributed by atoms with Crippen LogP contribution in [0.5, 0.6) is 5.75 Å². The van der Waals surface area contributed by atoms with E-state index >= 15 is 0 Å². The van der Waals surface area contributed by atoms with Crippen LogP contribution in [0.2, 0.25) is 0 Å². The number of carbonyl (C=O) groups is 2. The summed E-state index contributed by atoms with van der Waals surface area (Å²) < 4.78 is 10.9. The maximum Gasteiger partial charge on any atom is 0.175 e. The van der Waals surface area contributed by atoms with Gasteiger partial charge < -0.3 is 9.47 Å². The summed E-state index contributed by atoms with van der Waals surface area (Å²) in [6, 6.07) is 16.8. The SMILES string of the molecule is O=C1CCOCC1C(=O)c1ccc(OCc2ccccc2)cc1. The van der Waals surface area contributed by atoms with E-state index in [2.05, 4.69) is 0 Å². The number of carbonyl (C=O) groups excluding carboxylic acids is 2. The van der Waals surface area contributed by atoms with E-state index in [-0.39, 0.29) is 18.2 Å². The van der Waals surface area contributed by atoms with Crippen LogP contribution in [0.25, 0.3) is 0 Å². The lowest BCUT2D eigenvalue weighted by molar-refractivity contribution is -0.128. The molecule has 0 saturated carbocycles. The van der Waals surface area contributed by atoms with Crippen molar-refractivity contribution in [2.24, 2.45) is 5.92 Å². The van der Waals surface area contributed by atoms with Gasteiger partial charge in [0.2, 0.25) is 0 Å². The maximum absolute atomic E-state index is 12.4. The monoisotopic (exact) mass is 310 g/mol. The van der Waals surface area contributed by atoms with Gasteiger partial charge in [0, 0.05) is 12.0 Å². The van der Waals surface area contributed by atoms with E-state index in [0.717, 1.165) is 5.56 Å². The number of hydrogen-bond donors (Lipinski definition) is 0. The van der Waals surface area contributed by atoms with E-state index in [1.54, 1.807) is 24.3 Å². The normalized spacial score (nSPS) is 17.7. The van der Waals surface area contributed by atoms with E-state index < -0.39 is 5.92 Å². The minimum absolute atomic E-state index is 0.0364. The lowest BCUT2D eigenvalue weighted by Gasteiger charge is -2.19. The molecule has 23 heavy (non-hydrogen) atoms. The average molecular weight is 310 g/mol. The molecular formula is C19H18O4. The topological polar surface area (TPSA) is 52.6 Å². The molecular weight excluding hydrogens is 292 g/mol. The zero-order chi connectivity index (χ0) is 16.1. The molecule has 118 valence electrons. The van der Waals surface area contributed by atoms with Crippen molar-refractivity contribution in [1.82, 2.24) is 0 Å². The van der Waals surface area contributed by atoms with Crippen molar-refractivity contribution >= 4 is 11.6 Å². The molecule has 0 N–H and O–H groups in total. The van der Waals surface area contributed by atoms with E-state index in [1.165, 1.54) is 0 Å². The summed E-state index contributed by atoms with van der Waals surface area (Å²) in [7, 11) is 0. The van der Waals surface area contributed by atoms with Crippen molar-refractivity contribution in [3.05, 3.63) is 65.7 Å². The molecule has 1 fully saturated rings. The van der Waals surface area contributed by atoms with Crippen LogP contribution in [0.3, 0.4) is 0 Å². The Morgan fingerprint density at radius 3 is 2.52 bits per heavy atom. The predicted molar refractivity (Wildman–Crippen MR) is 85.5 cm³/mol. The number of benzene rings is 2. The van der Waals surface area contributed by atoms with Gasteiger partial charge in [-0.2, -0.15) is 0 Å². The van der Waals surface area contributed by atoms with Gasteiger partial charge in [-0.05, 0) is 29.8 Å². The van der Waals surface area contributed by atoms with Crippen molar-refractivity contribution in [1.29, 1.82) is 0 Å².